The number of carbonyl (C=O) groups is 1. The molecule has 0 saturated carbocycles. The van der Waals surface area contributed by atoms with Gasteiger partial charge in [-0.25, -0.2) is 9.97 Å². The number of piperidine rings is 1. The van der Waals surface area contributed by atoms with E-state index in [2.05, 4.69) is 19.8 Å². The van der Waals surface area contributed by atoms with Crippen LogP contribution in [0.3, 0.4) is 0 Å². The Labute approximate surface area is 129 Å². The van der Waals surface area contributed by atoms with Crippen molar-refractivity contribution in [3.63, 3.8) is 0 Å². The van der Waals surface area contributed by atoms with Gasteiger partial charge < -0.3 is 14.5 Å². The summed E-state index contributed by atoms with van der Waals surface area (Å²) in [5.74, 6) is 1.04. The maximum absolute atomic E-state index is 12.4. The van der Waals surface area contributed by atoms with Gasteiger partial charge in [0, 0.05) is 50.7 Å². The zero-order chi connectivity index (χ0) is 14.9. The molecule has 22 heavy (non-hydrogen) atoms. The van der Waals surface area contributed by atoms with Gasteiger partial charge in [-0.05, 0) is 12.5 Å². The van der Waals surface area contributed by atoms with Crippen LogP contribution in [0.1, 0.15) is 6.42 Å². The van der Waals surface area contributed by atoms with Crippen molar-refractivity contribution in [2.45, 2.75) is 18.5 Å². The summed E-state index contributed by atoms with van der Waals surface area (Å²) >= 11 is 0. The van der Waals surface area contributed by atoms with Gasteiger partial charge in [-0.1, -0.05) is 0 Å². The Morgan fingerprint density at radius 1 is 1.18 bits per heavy atom. The van der Waals surface area contributed by atoms with Crippen LogP contribution in [-0.4, -0.2) is 83.7 Å². The van der Waals surface area contributed by atoms with E-state index in [0.717, 1.165) is 32.1 Å². The predicted molar refractivity (Wildman–Crippen MR) is 80.5 cm³/mol. The Morgan fingerprint density at radius 3 is 2.55 bits per heavy atom. The molecule has 7 heteroatoms. The van der Waals surface area contributed by atoms with Gasteiger partial charge in [-0.2, -0.15) is 0 Å². The molecule has 5 heterocycles. The number of amides is 1. The van der Waals surface area contributed by atoms with Crippen molar-refractivity contribution in [3.8, 4) is 0 Å². The molecule has 1 aromatic heterocycles. The fraction of sp³-hybridized carbons (Fsp3) is 0.667. The van der Waals surface area contributed by atoms with Crippen molar-refractivity contribution in [1.29, 1.82) is 0 Å². The monoisotopic (exact) mass is 303 g/mol. The van der Waals surface area contributed by atoms with E-state index >= 15 is 0 Å². The summed E-state index contributed by atoms with van der Waals surface area (Å²) in [6.07, 6.45) is 4.74. The molecule has 0 spiro atoms. The fourth-order valence-corrected chi connectivity index (χ4v) is 3.63. The molecule has 0 aromatic carbocycles. The molecule has 4 saturated heterocycles. The smallest absolute Gasteiger partial charge is 0.236 e. The molecular weight excluding hydrogens is 282 g/mol. The molecule has 118 valence electrons. The first-order chi connectivity index (χ1) is 10.8. The van der Waals surface area contributed by atoms with Crippen molar-refractivity contribution >= 4 is 11.9 Å². The van der Waals surface area contributed by atoms with Crippen molar-refractivity contribution in [3.05, 3.63) is 18.5 Å². The summed E-state index contributed by atoms with van der Waals surface area (Å²) in [4.78, 5) is 27.5. The zero-order valence-electron chi connectivity index (χ0n) is 12.6. The molecule has 2 atom stereocenters. The van der Waals surface area contributed by atoms with Gasteiger partial charge in [0.15, 0.2) is 0 Å². The standard InChI is InChI=1S/C15H21N5O2/c21-14(18-4-6-22-7-5-18)11-20-12-8-13(20)10-19(9-12)15-16-2-1-3-17-15/h1-3,12-13H,4-11H2. The van der Waals surface area contributed by atoms with E-state index in [0.29, 0.717) is 31.8 Å². The van der Waals surface area contributed by atoms with Gasteiger partial charge in [0.1, 0.15) is 0 Å². The van der Waals surface area contributed by atoms with Crippen molar-refractivity contribution in [2.24, 2.45) is 0 Å². The maximum atomic E-state index is 12.4. The van der Waals surface area contributed by atoms with E-state index in [9.17, 15) is 4.79 Å². The fourth-order valence-electron chi connectivity index (χ4n) is 3.63. The van der Waals surface area contributed by atoms with Crippen LogP contribution in [0.5, 0.6) is 0 Å². The molecule has 2 bridgehead atoms. The number of nitrogens with zero attached hydrogens (tertiary/aromatic N) is 5. The topological polar surface area (TPSA) is 61.8 Å². The van der Waals surface area contributed by atoms with Crippen LogP contribution in [0.25, 0.3) is 0 Å². The molecular formula is C15H21N5O2. The SMILES string of the molecule is O=C(CN1C2CC1CN(c1ncccn1)C2)N1CCOCC1. The van der Waals surface area contributed by atoms with E-state index in [1.807, 2.05) is 11.0 Å². The lowest BCUT2D eigenvalue weighted by Crippen LogP contribution is -2.70. The third-order valence-corrected chi connectivity index (χ3v) is 4.86. The van der Waals surface area contributed by atoms with Gasteiger partial charge in [0.05, 0.1) is 19.8 Å². The quantitative estimate of drug-likeness (QED) is 0.757. The molecule has 0 aliphatic carbocycles. The lowest BCUT2D eigenvalue weighted by Gasteiger charge is -2.56. The number of fused-ring (bicyclic) bond motifs is 2. The highest BCUT2D eigenvalue weighted by Gasteiger charge is 2.46. The van der Waals surface area contributed by atoms with Gasteiger partial charge in [0.2, 0.25) is 11.9 Å². The van der Waals surface area contributed by atoms with E-state index in [1.54, 1.807) is 12.4 Å². The lowest BCUT2D eigenvalue weighted by molar-refractivity contribution is -0.141. The first-order valence-corrected chi connectivity index (χ1v) is 7.94. The van der Waals surface area contributed by atoms with Crippen LogP contribution in [0.4, 0.5) is 5.95 Å². The molecule has 2 unspecified atom stereocenters. The summed E-state index contributed by atoms with van der Waals surface area (Å²) in [5, 5.41) is 0. The molecule has 1 amide bonds. The van der Waals surface area contributed by atoms with E-state index in [1.165, 1.54) is 6.42 Å². The minimum absolute atomic E-state index is 0.238. The molecule has 5 rings (SSSR count). The third-order valence-electron chi connectivity index (χ3n) is 4.86. The number of hydrogen-bond acceptors (Lipinski definition) is 6. The number of aromatic nitrogens is 2. The number of anilines is 1. The first-order valence-electron chi connectivity index (χ1n) is 7.94. The van der Waals surface area contributed by atoms with Crippen LogP contribution in [0.15, 0.2) is 18.5 Å². The first kappa shape index (κ1) is 13.9. The van der Waals surface area contributed by atoms with Crippen LogP contribution in [-0.2, 0) is 9.53 Å². The largest absolute Gasteiger partial charge is 0.378 e. The number of carbonyl (C=O) groups excluding carboxylic acids is 1. The number of piperazine rings is 1. The Bertz CT molecular complexity index is 522. The minimum Gasteiger partial charge on any atom is -0.378 e. The average Bonchev–Trinajstić information content (AvgIpc) is 2.61. The third kappa shape index (κ3) is 2.55. The van der Waals surface area contributed by atoms with Crippen LogP contribution in [0, 0.1) is 0 Å². The number of hydrogen-bond donors (Lipinski definition) is 0. The zero-order valence-corrected chi connectivity index (χ0v) is 12.6. The summed E-state index contributed by atoms with van der Waals surface area (Å²) in [6, 6.07) is 2.74. The van der Waals surface area contributed by atoms with Crippen LogP contribution in [0.2, 0.25) is 0 Å². The minimum atomic E-state index is 0.238. The predicted octanol–water partition coefficient (Wildman–Crippen LogP) is -0.402. The van der Waals surface area contributed by atoms with Crippen molar-refractivity contribution in [1.82, 2.24) is 19.8 Å². The molecule has 0 radical (unpaired) electrons. The van der Waals surface area contributed by atoms with Crippen LogP contribution < -0.4 is 4.90 Å². The van der Waals surface area contributed by atoms with Crippen molar-refractivity contribution in [2.75, 3.05) is 50.8 Å². The summed E-state index contributed by atoms with van der Waals surface area (Å²) < 4.78 is 5.30. The van der Waals surface area contributed by atoms with E-state index in [-0.39, 0.29) is 5.91 Å². The molecule has 1 aromatic rings. The Kier molecular flexibility index (Phi) is 3.67. The second kappa shape index (κ2) is 5.81. The van der Waals surface area contributed by atoms with Crippen LogP contribution >= 0.6 is 0 Å². The Balaban J connectivity index is 1.34. The molecule has 0 N–H and O–H groups in total. The maximum Gasteiger partial charge on any atom is 0.236 e. The van der Waals surface area contributed by atoms with E-state index < -0.39 is 0 Å². The number of rotatable bonds is 3. The highest BCUT2D eigenvalue weighted by atomic mass is 16.5. The molecule has 4 fully saturated rings. The summed E-state index contributed by atoms with van der Waals surface area (Å²) in [5.41, 5.74) is 0. The Morgan fingerprint density at radius 2 is 1.86 bits per heavy atom. The Hall–Kier alpha value is -1.73. The van der Waals surface area contributed by atoms with Gasteiger partial charge in [-0.15, -0.1) is 0 Å². The normalized spacial score (nSPS) is 28.4. The van der Waals surface area contributed by atoms with Gasteiger partial charge >= 0.3 is 0 Å². The van der Waals surface area contributed by atoms with Gasteiger partial charge in [-0.3, -0.25) is 9.69 Å². The highest BCUT2D eigenvalue weighted by molar-refractivity contribution is 5.78. The number of morpholine rings is 1. The molecule has 4 aliphatic heterocycles. The number of ether oxygens (including phenoxy) is 1. The van der Waals surface area contributed by atoms with Gasteiger partial charge in [0.25, 0.3) is 0 Å². The summed E-state index contributed by atoms with van der Waals surface area (Å²) in [6.45, 7) is 5.15. The average molecular weight is 303 g/mol. The molecule has 4 aliphatic rings. The molecule has 7 nitrogen and oxygen atoms in total. The van der Waals surface area contributed by atoms with Crippen molar-refractivity contribution < 1.29 is 9.53 Å². The lowest BCUT2D eigenvalue weighted by atomic mass is 9.87. The summed E-state index contributed by atoms with van der Waals surface area (Å²) in [7, 11) is 0. The second-order valence-corrected chi connectivity index (χ2v) is 6.16. The van der Waals surface area contributed by atoms with E-state index in [4.69, 9.17) is 4.74 Å². The second-order valence-electron chi connectivity index (χ2n) is 6.16. The highest BCUT2D eigenvalue weighted by Crippen LogP contribution is 2.33.